The Kier molecular flexibility index (Phi) is 3.24. The predicted molar refractivity (Wildman–Crippen MR) is 75.3 cm³/mol. The quantitative estimate of drug-likeness (QED) is 0.598. The van der Waals surface area contributed by atoms with Gasteiger partial charge >= 0.3 is 0 Å². The SMILES string of the molecule is C=C(C)/C=C(\N=CC)c1ccc2cc[nH]c2c1. The molecule has 2 aromatic rings. The molecular weight excluding hydrogens is 208 g/mol. The molecule has 0 aliphatic heterocycles. The van der Waals surface area contributed by atoms with E-state index in [1.165, 1.54) is 5.39 Å². The Bertz CT molecular complexity index is 600. The van der Waals surface area contributed by atoms with Crippen LogP contribution in [0.5, 0.6) is 0 Å². The van der Waals surface area contributed by atoms with Crippen LogP contribution < -0.4 is 0 Å². The fourth-order valence-electron chi connectivity index (χ4n) is 1.77. The summed E-state index contributed by atoms with van der Waals surface area (Å²) in [5.74, 6) is 0. The molecule has 0 unspecified atom stereocenters. The minimum atomic E-state index is 0.941. The number of fused-ring (bicyclic) bond motifs is 1. The molecule has 86 valence electrons. The highest BCUT2D eigenvalue weighted by atomic mass is 14.7. The Morgan fingerprint density at radius 3 is 2.88 bits per heavy atom. The molecule has 1 aromatic heterocycles. The second kappa shape index (κ2) is 4.83. The summed E-state index contributed by atoms with van der Waals surface area (Å²) >= 11 is 0. The topological polar surface area (TPSA) is 28.1 Å². The summed E-state index contributed by atoms with van der Waals surface area (Å²) in [6.45, 7) is 7.78. The maximum Gasteiger partial charge on any atom is 0.0701 e. The van der Waals surface area contributed by atoms with E-state index in [2.05, 4.69) is 40.8 Å². The molecule has 1 aromatic carbocycles. The second-order valence-corrected chi connectivity index (χ2v) is 4.04. The third-order valence-electron chi connectivity index (χ3n) is 2.50. The minimum Gasteiger partial charge on any atom is -0.361 e. The van der Waals surface area contributed by atoms with Gasteiger partial charge in [0.25, 0.3) is 0 Å². The Morgan fingerprint density at radius 2 is 2.18 bits per heavy atom. The van der Waals surface area contributed by atoms with E-state index in [4.69, 9.17) is 0 Å². The van der Waals surface area contributed by atoms with Gasteiger partial charge in [0.1, 0.15) is 0 Å². The normalized spacial score (nSPS) is 12.5. The summed E-state index contributed by atoms with van der Waals surface area (Å²) in [5.41, 5.74) is 4.16. The maximum absolute atomic E-state index is 4.39. The van der Waals surface area contributed by atoms with Gasteiger partial charge in [0.2, 0.25) is 0 Å². The van der Waals surface area contributed by atoms with Crippen molar-refractivity contribution in [3.05, 3.63) is 54.3 Å². The van der Waals surface area contributed by atoms with Crippen molar-refractivity contribution in [1.29, 1.82) is 0 Å². The standard InChI is InChI=1S/C15H16N2/c1-4-16-14(9-11(2)3)13-6-5-12-7-8-17-15(12)10-13/h4-10,17H,2H2,1,3H3/b14-9-,16-4?. The van der Waals surface area contributed by atoms with Crippen LogP contribution in [-0.4, -0.2) is 11.2 Å². The lowest BCUT2D eigenvalue weighted by atomic mass is 10.1. The Hall–Kier alpha value is -2.09. The van der Waals surface area contributed by atoms with Crippen molar-refractivity contribution in [2.75, 3.05) is 0 Å². The van der Waals surface area contributed by atoms with Crippen molar-refractivity contribution < 1.29 is 0 Å². The molecule has 0 saturated heterocycles. The fraction of sp³-hybridized carbons (Fsp3) is 0.133. The van der Waals surface area contributed by atoms with Crippen molar-refractivity contribution in [2.24, 2.45) is 4.99 Å². The van der Waals surface area contributed by atoms with E-state index in [0.29, 0.717) is 0 Å². The average molecular weight is 224 g/mol. The van der Waals surface area contributed by atoms with Crippen molar-refractivity contribution in [3.8, 4) is 0 Å². The van der Waals surface area contributed by atoms with Crippen LogP contribution in [0.1, 0.15) is 19.4 Å². The molecule has 1 N–H and O–H groups in total. The first-order valence-corrected chi connectivity index (χ1v) is 5.64. The Balaban J connectivity index is 2.51. The smallest absolute Gasteiger partial charge is 0.0701 e. The highest BCUT2D eigenvalue weighted by Crippen LogP contribution is 2.22. The molecule has 0 bridgehead atoms. The highest BCUT2D eigenvalue weighted by molar-refractivity contribution is 5.85. The molecule has 0 aliphatic rings. The van der Waals surface area contributed by atoms with E-state index < -0.39 is 0 Å². The molecule has 0 fully saturated rings. The van der Waals surface area contributed by atoms with Crippen LogP contribution >= 0.6 is 0 Å². The van der Waals surface area contributed by atoms with Crippen LogP contribution in [0, 0.1) is 0 Å². The van der Waals surface area contributed by atoms with E-state index in [1.807, 2.05) is 26.1 Å². The molecule has 0 amide bonds. The molecule has 0 aliphatic carbocycles. The summed E-state index contributed by atoms with van der Waals surface area (Å²) in [4.78, 5) is 7.60. The molecule has 2 heteroatoms. The van der Waals surface area contributed by atoms with Crippen LogP contribution in [0.3, 0.4) is 0 Å². The lowest BCUT2D eigenvalue weighted by molar-refractivity contribution is 1.45. The monoisotopic (exact) mass is 224 g/mol. The first-order valence-electron chi connectivity index (χ1n) is 5.64. The molecule has 0 radical (unpaired) electrons. The summed E-state index contributed by atoms with van der Waals surface area (Å²) in [6, 6.07) is 8.35. The van der Waals surface area contributed by atoms with Crippen molar-refractivity contribution in [3.63, 3.8) is 0 Å². The number of rotatable bonds is 3. The third kappa shape index (κ3) is 2.53. The van der Waals surface area contributed by atoms with Gasteiger partial charge in [-0.2, -0.15) is 0 Å². The number of hydrogen-bond acceptors (Lipinski definition) is 1. The molecule has 17 heavy (non-hydrogen) atoms. The Labute approximate surface area is 101 Å². The fourth-order valence-corrected chi connectivity index (χ4v) is 1.77. The van der Waals surface area contributed by atoms with Crippen molar-refractivity contribution >= 4 is 22.8 Å². The Morgan fingerprint density at radius 1 is 1.35 bits per heavy atom. The zero-order valence-electron chi connectivity index (χ0n) is 10.2. The first-order chi connectivity index (χ1) is 8.20. The van der Waals surface area contributed by atoms with Crippen LogP contribution in [0.25, 0.3) is 16.6 Å². The molecule has 0 atom stereocenters. The largest absolute Gasteiger partial charge is 0.361 e. The number of aromatic nitrogens is 1. The van der Waals surface area contributed by atoms with Gasteiger partial charge in [0, 0.05) is 23.5 Å². The van der Waals surface area contributed by atoms with E-state index in [9.17, 15) is 0 Å². The molecule has 2 rings (SSSR count). The van der Waals surface area contributed by atoms with Gasteiger partial charge in [-0.1, -0.05) is 24.3 Å². The zero-order valence-corrected chi connectivity index (χ0v) is 10.2. The molecule has 0 saturated carbocycles. The lowest BCUT2D eigenvalue weighted by Gasteiger charge is -2.03. The van der Waals surface area contributed by atoms with E-state index >= 15 is 0 Å². The lowest BCUT2D eigenvalue weighted by Crippen LogP contribution is -1.83. The number of benzene rings is 1. The number of nitrogens with one attached hydrogen (secondary N) is 1. The average Bonchev–Trinajstić information content (AvgIpc) is 2.74. The molecular formula is C15H16N2. The molecule has 0 spiro atoms. The summed E-state index contributed by atoms with van der Waals surface area (Å²) in [5, 5.41) is 1.21. The predicted octanol–water partition coefficient (Wildman–Crippen LogP) is 4.18. The highest BCUT2D eigenvalue weighted by Gasteiger charge is 2.01. The first kappa shape index (κ1) is 11.4. The van der Waals surface area contributed by atoms with Crippen molar-refractivity contribution in [2.45, 2.75) is 13.8 Å². The van der Waals surface area contributed by atoms with Gasteiger partial charge in [0.15, 0.2) is 0 Å². The minimum absolute atomic E-state index is 0.941. The third-order valence-corrected chi connectivity index (χ3v) is 2.50. The second-order valence-electron chi connectivity index (χ2n) is 4.04. The zero-order chi connectivity index (χ0) is 12.3. The van der Waals surface area contributed by atoms with Crippen LogP contribution in [0.4, 0.5) is 0 Å². The number of aromatic amines is 1. The van der Waals surface area contributed by atoms with Gasteiger partial charge in [-0.05, 0) is 37.4 Å². The summed E-state index contributed by atoms with van der Waals surface area (Å²) in [7, 11) is 0. The van der Waals surface area contributed by atoms with Crippen LogP contribution in [0.15, 0.2) is 53.7 Å². The van der Waals surface area contributed by atoms with Gasteiger partial charge in [-0.15, -0.1) is 0 Å². The maximum atomic E-state index is 4.39. The van der Waals surface area contributed by atoms with Gasteiger partial charge in [-0.25, -0.2) is 0 Å². The van der Waals surface area contributed by atoms with E-state index in [-0.39, 0.29) is 0 Å². The number of H-pyrrole nitrogens is 1. The summed E-state index contributed by atoms with van der Waals surface area (Å²) in [6.07, 6.45) is 5.73. The number of hydrogen-bond donors (Lipinski definition) is 1. The van der Waals surface area contributed by atoms with Gasteiger partial charge in [-0.3, -0.25) is 4.99 Å². The number of aliphatic imine (C=N–C) groups is 1. The summed E-state index contributed by atoms with van der Waals surface area (Å²) < 4.78 is 0. The number of nitrogens with zero attached hydrogens (tertiary/aromatic N) is 1. The van der Waals surface area contributed by atoms with Crippen LogP contribution in [-0.2, 0) is 0 Å². The van der Waals surface area contributed by atoms with E-state index in [0.717, 1.165) is 22.4 Å². The number of allylic oxidation sites excluding steroid dienone is 2. The van der Waals surface area contributed by atoms with Crippen LogP contribution in [0.2, 0.25) is 0 Å². The van der Waals surface area contributed by atoms with E-state index in [1.54, 1.807) is 6.21 Å². The van der Waals surface area contributed by atoms with Crippen molar-refractivity contribution in [1.82, 2.24) is 4.98 Å². The van der Waals surface area contributed by atoms with Gasteiger partial charge < -0.3 is 4.98 Å². The van der Waals surface area contributed by atoms with Gasteiger partial charge in [0.05, 0.1) is 5.70 Å². The molecule has 2 nitrogen and oxygen atoms in total. The molecule has 1 heterocycles.